The van der Waals surface area contributed by atoms with E-state index >= 15 is 0 Å². The number of amides is 1. The van der Waals surface area contributed by atoms with E-state index in [1.54, 1.807) is 12.1 Å². The van der Waals surface area contributed by atoms with Gasteiger partial charge in [-0.1, -0.05) is 24.8 Å². The molecule has 0 spiro atoms. The van der Waals surface area contributed by atoms with Crippen molar-refractivity contribution in [3.8, 4) is 11.1 Å². The number of allylic oxidation sites excluding steroid dienone is 1. The third-order valence-corrected chi connectivity index (χ3v) is 5.73. The molecule has 6 nitrogen and oxygen atoms in total. The Morgan fingerprint density at radius 2 is 1.91 bits per heavy atom. The van der Waals surface area contributed by atoms with Crippen molar-refractivity contribution in [1.29, 1.82) is 0 Å². The highest BCUT2D eigenvalue weighted by atomic mass is 16.3. The molecular weight excluding hydrogens is 400 g/mol. The van der Waals surface area contributed by atoms with Gasteiger partial charge >= 0.3 is 0 Å². The Kier molecular flexibility index (Phi) is 6.32. The molecule has 1 aliphatic rings. The highest BCUT2D eigenvalue weighted by molar-refractivity contribution is 6.07. The molecule has 0 saturated heterocycles. The number of nitrogens with two attached hydrogens (primary N) is 1. The van der Waals surface area contributed by atoms with Crippen LogP contribution in [-0.4, -0.2) is 31.6 Å². The zero-order valence-electron chi connectivity index (χ0n) is 18.7. The molecule has 0 unspecified atom stereocenters. The molecule has 32 heavy (non-hydrogen) atoms. The van der Waals surface area contributed by atoms with E-state index < -0.39 is 0 Å². The van der Waals surface area contributed by atoms with Crippen molar-refractivity contribution in [3.63, 3.8) is 0 Å². The van der Waals surface area contributed by atoms with Gasteiger partial charge in [-0.05, 0) is 74.3 Å². The third kappa shape index (κ3) is 4.27. The van der Waals surface area contributed by atoms with E-state index in [0.717, 1.165) is 46.9 Å². The maximum absolute atomic E-state index is 13.2. The first kappa shape index (κ1) is 21.7. The van der Waals surface area contributed by atoms with Crippen LogP contribution in [0.5, 0.6) is 0 Å². The lowest BCUT2D eigenvalue weighted by Crippen LogP contribution is -2.48. The molecule has 0 aliphatic carbocycles. The molecule has 0 bridgehead atoms. The maximum atomic E-state index is 13.2. The maximum Gasteiger partial charge on any atom is 0.294 e. The zero-order valence-corrected chi connectivity index (χ0v) is 18.7. The van der Waals surface area contributed by atoms with Crippen molar-refractivity contribution < 1.29 is 9.21 Å². The highest BCUT2D eigenvalue weighted by Crippen LogP contribution is 2.41. The molecule has 1 aromatic heterocycles. The van der Waals surface area contributed by atoms with E-state index in [1.165, 1.54) is 6.26 Å². The molecule has 2 aromatic carbocycles. The summed E-state index contributed by atoms with van der Waals surface area (Å²) in [4.78, 5) is 17.2. The monoisotopic (exact) mass is 430 g/mol. The van der Waals surface area contributed by atoms with Gasteiger partial charge in [0.15, 0.2) is 5.76 Å². The first-order valence-electron chi connectivity index (χ1n) is 11.0. The summed E-state index contributed by atoms with van der Waals surface area (Å²) < 4.78 is 5.40. The van der Waals surface area contributed by atoms with Gasteiger partial charge in [0, 0.05) is 30.5 Å². The topological polar surface area (TPSA) is 74.7 Å². The normalized spacial score (nSPS) is 15.4. The molecule has 1 amide bonds. The average molecular weight is 431 g/mol. The van der Waals surface area contributed by atoms with E-state index in [2.05, 4.69) is 66.2 Å². The smallest absolute Gasteiger partial charge is 0.294 e. The molecule has 0 radical (unpaired) electrons. The number of benzene rings is 2. The Labute approximate surface area is 189 Å². The van der Waals surface area contributed by atoms with Crippen molar-refractivity contribution in [1.82, 2.24) is 0 Å². The Hall–Kier alpha value is -3.51. The Bertz CT molecular complexity index is 1090. The summed E-state index contributed by atoms with van der Waals surface area (Å²) in [6.45, 7) is 10.3. The number of hydrogen-bond acceptors (Lipinski definition) is 5. The highest BCUT2D eigenvalue weighted by Gasteiger charge is 2.33. The molecule has 0 fully saturated rings. The number of carbonyl (C=O) groups is 1. The summed E-state index contributed by atoms with van der Waals surface area (Å²) in [5, 5.41) is 3.38. The lowest BCUT2D eigenvalue weighted by Gasteiger charge is -2.42. The quantitative estimate of drug-likeness (QED) is 0.510. The average Bonchev–Trinajstić information content (AvgIpc) is 3.33. The van der Waals surface area contributed by atoms with E-state index in [4.69, 9.17) is 10.2 Å². The van der Waals surface area contributed by atoms with Crippen LogP contribution in [-0.2, 0) is 0 Å². The van der Waals surface area contributed by atoms with Gasteiger partial charge in [-0.3, -0.25) is 4.79 Å². The Morgan fingerprint density at radius 3 is 2.56 bits per heavy atom. The summed E-state index contributed by atoms with van der Waals surface area (Å²) in [6.07, 6.45) is 2.46. The van der Waals surface area contributed by atoms with Crippen LogP contribution in [0.15, 0.2) is 77.6 Å². The fourth-order valence-corrected chi connectivity index (χ4v) is 4.23. The summed E-state index contributed by atoms with van der Waals surface area (Å²) in [5.74, 6) is 0.200. The first-order valence-corrected chi connectivity index (χ1v) is 11.0. The fourth-order valence-electron chi connectivity index (χ4n) is 4.23. The first-order chi connectivity index (χ1) is 15.5. The standard InChI is InChI=1S/C26H30N4O2/c1-18(2)30-19(3)17-29(26(31)25-6-4-15-32-25)24-16-21(9-12-23(24)30)20-7-10-22(11-8-20)28-14-5-13-27/h4,6-12,15-16,19,28H,1,5,13-14,17,27H2,2-3H3/t19-/m0/s1. The van der Waals surface area contributed by atoms with Crippen LogP contribution < -0.4 is 20.9 Å². The minimum absolute atomic E-state index is 0.101. The molecular formula is C26H30N4O2. The van der Waals surface area contributed by atoms with Gasteiger partial charge < -0.3 is 25.3 Å². The molecule has 4 rings (SSSR count). The number of rotatable bonds is 7. The number of nitrogens with zero attached hydrogens (tertiary/aromatic N) is 2. The predicted octanol–water partition coefficient (Wildman–Crippen LogP) is 5.10. The van der Waals surface area contributed by atoms with Crippen LogP contribution in [0.25, 0.3) is 11.1 Å². The van der Waals surface area contributed by atoms with E-state index in [9.17, 15) is 4.79 Å². The molecule has 3 aromatic rings. The number of nitrogens with one attached hydrogen (secondary N) is 1. The van der Waals surface area contributed by atoms with E-state index in [0.29, 0.717) is 18.8 Å². The summed E-state index contributed by atoms with van der Waals surface area (Å²) in [7, 11) is 0. The molecule has 1 atom stereocenters. The number of anilines is 3. The van der Waals surface area contributed by atoms with Gasteiger partial charge in [-0.25, -0.2) is 0 Å². The van der Waals surface area contributed by atoms with Crippen molar-refractivity contribution >= 4 is 23.0 Å². The molecule has 3 N–H and O–H groups in total. The van der Waals surface area contributed by atoms with Crippen LogP contribution >= 0.6 is 0 Å². The lowest BCUT2D eigenvalue weighted by atomic mass is 10.00. The SMILES string of the molecule is C=C(C)N1c2ccc(-c3ccc(NCCCN)cc3)cc2N(C(=O)c2ccco2)C[C@@H]1C. The summed E-state index contributed by atoms with van der Waals surface area (Å²) >= 11 is 0. The van der Waals surface area contributed by atoms with Gasteiger partial charge in [0.25, 0.3) is 5.91 Å². The van der Waals surface area contributed by atoms with Crippen LogP contribution in [0, 0.1) is 0 Å². The van der Waals surface area contributed by atoms with Crippen molar-refractivity contribution in [2.45, 2.75) is 26.3 Å². The minimum Gasteiger partial charge on any atom is -0.459 e. The molecule has 1 aliphatic heterocycles. The van der Waals surface area contributed by atoms with Gasteiger partial charge in [0.2, 0.25) is 0 Å². The third-order valence-electron chi connectivity index (χ3n) is 5.73. The van der Waals surface area contributed by atoms with Gasteiger partial charge in [-0.2, -0.15) is 0 Å². The predicted molar refractivity (Wildman–Crippen MR) is 131 cm³/mol. The molecule has 0 saturated carbocycles. The van der Waals surface area contributed by atoms with Gasteiger partial charge in [-0.15, -0.1) is 0 Å². The fraction of sp³-hybridized carbons (Fsp3) is 0.269. The van der Waals surface area contributed by atoms with E-state index in [1.807, 2.05) is 11.8 Å². The van der Waals surface area contributed by atoms with Crippen LogP contribution in [0.4, 0.5) is 17.1 Å². The second-order valence-electron chi connectivity index (χ2n) is 8.20. The van der Waals surface area contributed by atoms with Crippen molar-refractivity contribution in [3.05, 3.63) is 78.9 Å². The van der Waals surface area contributed by atoms with Gasteiger partial charge in [0.05, 0.1) is 17.6 Å². The Balaban J connectivity index is 1.70. The summed E-state index contributed by atoms with van der Waals surface area (Å²) in [6, 6.07) is 18.1. The second kappa shape index (κ2) is 9.32. The van der Waals surface area contributed by atoms with Crippen LogP contribution in [0.3, 0.4) is 0 Å². The van der Waals surface area contributed by atoms with Crippen molar-refractivity contribution in [2.24, 2.45) is 5.73 Å². The number of carbonyl (C=O) groups excluding carboxylic acids is 1. The molecule has 166 valence electrons. The lowest BCUT2D eigenvalue weighted by molar-refractivity contribution is 0.0957. The van der Waals surface area contributed by atoms with Crippen LogP contribution in [0.1, 0.15) is 30.8 Å². The van der Waals surface area contributed by atoms with Crippen molar-refractivity contribution in [2.75, 3.05) is 34.8 Å². The number of fused-ring (bicyclic) bond motifs is 1. The number of furan rings is 1. The molecule has 6 heteroatoms. The summed E-state index contributed by atoms with van der Waals surface area (Å²) in [5.41, 5.74) is 11.5. The molecule has 2 heterocycles. The number of hydrogen-bond donors (Lipinski definition) is 2. The zero-order chi connectivity index (χ0) is 22.7. The largest absolute Gasteiger partial charge is 0.459 e. The Morgan fingerprint density at radius 1 is 1.16 bits per heavy atom. The van der Waals surface area contributed by atoms with E-state index in [-0.39, 0.29) is 11.9 Å². The second-order valence-corrected chi connectivity index (χ2v) is 8.20. The van der Waals surface area contributed by atoms with Crippen LogP contribution in [0.2, 0.25) is 0 Å². The van der Waals surface area contributed by atoms with Gasteiger partial charge in [0.1, 0.15) is 0 Å². The minimum atomic E-state index is -0.138.